The van der Waals surface area contributed by atoms with Crippen LogP contribution in [0.15, 0.2) is 29.3 Å². The molecule has 30 heavy (non-hydrogen) atoms. The van der Waals surface area contributed by atoms with E-state index in [4.69, 9.17) is 9.73 Å². The molecule has 8 heteroatoms. The predicted molar refractivity (Wildman–Crippen MR) is 129 cm³/mol. The van der Waals surface area contributed by atoms with Crippen LogP contribution in [0, 0.1) is 12.8 Å². The second-order valence-electron chi connectivity index (χ2n) is 8.36. The fourth-order valence-electron chi connectivity index (χ4n) is 4.13. The summed E-state index contributed by atoms with van der Waals surface area (Å²) in [6.07, 6.45) is 5.84. The molecular weight excluding hydrogens is 491 g/mol. The van der Waals surface area contributed by atoms with E-state index < -0.39 is 0 Å². The summed E-state index contributed by atoms with van der Waals surface area (Å²) in [5, 5.41) is 15.8. The number of benzene rings is 1. The number of aryl methyl sites for hydroxylation is 1. The van der Waals surface area contributed by atoms with Crippen molar-refractivity contribution in [2.45, 2.75) is 64.6 Å². The fourth-order valence-corrected chi connectivity index (χ4v) is 4.13. The zero-order valence-corrected chi connectivity index (χ0v) is 20.4. The maximum absolute atomic E-state index is 5.82. The van der Waals surface area contributed by atoms with Crippen molar-refractivity contribution in [3.05, 3.63) is 41.5 Å². The number of fused-ring (bicyclic) bond motifs is 1. The molecule has 0 bridgehead atoms. The van der Waals surface area contributed by atoms with Gasteiger partial charge >= 0.3 is 0 Å². The monoisotopic (exact) mass is 524 g/mol. The first-order valence-corrected chi connectivity index (χ1v) is 10.7. The lowest BCUT2D eigenvalue weighted by molar-refractivity contribution is 0.260. The van der Waals surface area contributed by atoms with Crippen LogP contribution >= 0.6 is 24.0 Å². The summed E-state index contributed by atoms with van der Waals surface area (Å²) in [5.41, 5.74) is 1.19. The molecule has 0 radical (unpaired) electrons. The fraction of sp³-hybridized carbons (Fsp3) is 0.591. The minimum absolute atomic E-state index is 0. The van der Waals surface area contributed by atoms with E-state index in [1.807, 2.05) is 30.7 Å². The van der Waals surface area contributed by atoms with Crippen LogP contribution in [0.3, 0.4) is 0 Å². The lowest BCUT2D eigenvalue weighted by Crippen LogP contribution is -2.46. The number of guanidine groups is 1. The zero-order chi connectivity index (χ0) is 20.2. The molecule has 1 atom stereocenters. The third kappa shape index (κ3) is 5.44. The highest BCUT2D eigenvalue weighted by Gasteiger charge is 2.24. The second kappa shape index (κ2) is 10.5. The number of halogens is 1. The van der Waals surface area contributed by atoms with Gasteiger partial charge in [0.05, 0.1) is 12.6 Å². The van der Waals surface area contributed by atoms with Gasteiger partial charge in [-0.1, -0.05) is 25.1 Å². The Kier molecular flexibility index (Phi) is 7.96. The Morgan fingerprint density at radius 1 is 1.13 bits per heavy atom. The number of aromatic nitrogens is 3. The Bertz CT molecular complexity index is 859. The van der Waals surface area contributed by atoms with Crippen LogP contribution in [0.2, 0.25) is 0 Å². The lowest BCUT2D eigenvalue weighted by atomic mass is 9.87. The first-order chi connectivity index (χ1) is 14.1. The van der Waals surface area contributed by atoms with Gasteiger partial charge in [-0.3, -0.25) is 0 Å². The van der Waals surface area contributed by atoms with Crippen LogP contribution in [0.1, 0.15) is 62.3 Å². The molecule has 1 fully saturated rings. The van der Waals surface area contributed by atoms with Gasteiger partial charge in [-0.2, -0.15) is 0 Å². The molecule has 1 aromatic heterocycles. The van der Waals surface area contributed by atoms with Crippen molar-refractivity contribution in [3.63, 3.8) is 0 Å². The standard InChI is InChI=1S/C22H32N6O.HI/c1-15-8-10-17(11-9-15)24-22(23-14-21-27-26-16(2)28(21)3)25-19-12-13-29-20-7-5-4-6-18(19)20;/h4-7,15,17,19H,8-14H2,1-3H3,(H2,23,24,25);1H. The number of nitrogens with one attached hydrogen (secondary N) is 2. The molecule has 1 aliphatic heterocycles. The third-order valence-corrected chi connectivity index (χ3v) is 6.19. The van der Waals surface area contributed by atoms with E-state index >= 15 is 0 Å². The van der Waals surface area contributed by atoms with E-state index in [2.05, 4.69) is 39.9 Å². The Labute approximate surface area is 196 Å². The number of rotatable bonds is 4. The summed E-state index contributed by atoms with van der Waals surface area (Å²) < 4.78 is 7.82. The van der Waals surface area contributed by atoms with Gasteiger partial charge in [0.1, 0.15) is 18.1 Å². The van der Waals surface area contributed by atoms with Crippen LogP contribution in [0.25, 0.3) is 0 Å². The predicted octanol–water partition coefficient (Wildman–Crippen LogP) is 3.88. The highest BCUT2D eigenvalue weighted by Crippen LogP contribution is 2.31. The van der Waals surface area contributed by atoms with E-state index in [1.165, 1.54) is 31.2 Å². The normalized spacial score (nSPS) is 23.7. The smallest absolute Gasteiger partial charge is 0.192 e. The molecule has 1 aromatic carbocycles. The molecule has 1 unspecified atom stereocenters. The summed E-state index contributed by atoms with van der Waals surface area (Å²) in [4.78, 5) is 4.88. The van der Waals surface area contributed by atoms with Gasteiger partial charge in [-0.15, -0.1) is 34.2 Å². The van der Waals surface area contributed by atoms with Crippen molar-refractivity contribution in [2.75, 3.05) is 6.61 Å². The molecular formula is C22H33IN6O. The van der Waals surface area contributed by atoms with Crippen LogP contribution in [-0.2, 0) is 13.6 Å². The molecule has 2 aliphatic rings. The highest BCUT2D eigenvalue weighted by molar-refractivity contribution is 14.0. The average molecular weight is 524 g/mol. The Morgan fingerprint density at radius 3 is 2.63 bits per heavy atom. The largest absolute Gasteiger partial charge is 0.493 e. The quantitative estimate of drug-likeness (QED) is 0.361. The first-order valence-electron chi connectivity index (χ1n) is 10.7. The summed E-state index contributed by atoms with van der Waals surface area (Å²) in [6, 6.07) is 8.92. The third-order valence-electron chi connectivity index (χ3n) is 6.19. The summed E-state index contributed by atoms with van der Waals surface area (Å²) >= 11 is 0. The van der Waals surface area contributed by atoms with Crippen LogP contribution < -0.4 is 15.4 Å². The molecule has 1 saturated carbocycles. The maximum Gasteiger partial charge on any atom is 0.192 e. The summed E-state index contributed by atoms with van der Waals surface area (Å²) in [5.74, 6) is 4.41. The maximum atomic E-state index is 5.82. The molecule has 0 amide bonds. The van der Waals surface area contributed by atoms with Crippen LogP contribution in [0.5, 0.6) is 5.75 Å². The van der Waals surface area contributed by atoms with E-state index in [-0.39, 0.29) is 30.0 Å². The van der Waals surface area contributed by atoms with Gasteiger partial charge in [0, 0.05) is 25.1 Å². The van der Waals surface area contributed by atoms with Crippen molar-refractivity contribution in [1.29, 1.82) is 0 Å². The molecule has 2 heterocycles. The second-order valence-corrected chi connectivity index (χ2v) is 8.36. The SMILES string of the molecule is Cc1nnc(CN=C(NC2CCC(C)CC2)NC2CCOc3ccccc32)n1C.I. The molecule has 164 valence electrons. The van der Waals surface area contributed by atoms with E-state index in [0.717, 1.165) is 35.7 Å². The number of aliphatic imine (C=N–C) groups is 1. The molecule has 4 rings (SSSR count). The van der Waals surface area contributed by atoms with E-state index in [9.17, 15) is 0 Å². The minimum Gasteiger partial charge on any atom is -0.493 e. The topological polar surface area (TPSA) is 76.4 Å². The van der Waals surface area contributed by atoms with Crippen molar-refractivity contribution in [1.82, 2.24) is 25.4 Å². The number of para-hydroxylation sites is 1. The molecule has 2 N–H and O–H groups in total. The van der Waals surface area contributed by atoms with Gasteiger partial charge in [-0.05, 0) is 44.6 Å². The summed E-state index contributed by atoms with van der Waals surface area (Å²) in [6.45, 7) is 5.52. The Balaban J connectivity index is 0.00000256. The number of ether oxygens (including phenoxy) is 1. The lowest BCUT2D eigenvalue weighted by Gasteiger charge is -2.31. The van der Waals surface area contributed by atoms with Crippen LogP contribution in [0.4, 0.5) is 0 Å². The van der Waals surface area contributed by atoms with Gasteiger partial charge in [0.15, 0.2) is 11.8 Å². The van der Waals surface area contributed by atoms with E-state index in [0.29, 0.717) is 19.2 Å². The number of nitrogens with zero attached hydrogens (tertiary/aromatic N) is 4. The first kappa shape index (κ1) is 22.8. The van der Waals surface area contributed by atoms with Crippen molar-refractivity contribution in [2.24, 2.45) is 18.0 Å². The minimum atomic E-state index is 0. The van der Waals surface area contributed by atoms with Gasteiger partial charge in [-0.25, -0.2) is 4.99 Å². The molecule has 1 aliphatic carbocycles. The van der Waals surface area contributed by atoms with Gasteiger partial charge < -0.3 is 19.9 Å². The summed E-state index contributed by atoms with van der Waals surface area (Å²) in [7, 11) is 1.98. The molecule has 0 saturated heterocycles. The highest BCUT2D eigenvalue weighted by atomic mass is 127. The van der Waals surface area contributed by atoms with Crippen LogP contribution in [-0.4, -0.2) is 33.4 Å². The molecule has 0 spiro atoms. The number of hydrogen-bond donors (Lipinski definition) is 2. The van der Waals surface area contributed by atoms with Gasteiger partial charge in [0.2, 0.25) is 0 Å². The van der Waals surface area contributed by atoms with Crippen molar-refractivity contribution < 1.29 is 4.74 Å². The zero-order valence-electron chi connectivity index (χ0n) is 18.1. The van der Waals surface area contributed by atoms with Crippen molar-refractivity contribution in [3.8, 4) is 5.75 Å². The Morgan fingerprint density at radius 2 is 1.90 bits per heavy atom. The van der Waals surface area contributed by atoms with E-state index in [1.54, 1.807) is 0 Å². The average Bonchev–Trinajstić information content (AvgIpc) is 3.06. The van der Waals surface area contributed by atoms with Gasteiger partial charge in [0.25, 0.3) is 0 Å². The Hall–Kier alpha value is -1.84. The molecule has 2 aromatic rings. The molecule has 7 nitrogen and oxygen atoms in total. The van der Waals surface area contributed by atoms with Crippen molar-refractivity contribution >= 4 is 29.9 Å². The number of hydrogen-bond acceptors (Lipinski definition) is 4.